The molecule has 1 aliphatic rings. The molecular formula is C14H19F3N2O. The van der Waals surface area contributed by atoms with Crippen LogP contribution in [0.25, 0.3) is 0 Å². The molecule has 0 aromatic heterocycles. The Balaban J connectivity index is 2.09. The van der Waals surface area contributed by atoms with E-state index in [0.29, 0.717) is 0 Å². The van der Waals surface area contributed by atoms with Gasteiger partial charge in [-0.25, -0.2) is 0 Å². The maximum Gasteiger partial charge on any atom is 0.573 e. The molecule has 0 radical (unpaired) electrons. The van der Waals surface area contributed by atoms with E-state index in [9.17, 15) is 13.2 Å². The highest BCUT2D eigenvalue weighted by molar-refractivity contribution is 5.49. The van der Waals surface area contributed by atoms with Crippen molar-refractivity contribution in [3.8, 4) is 5.75 Å². The molecule has 0 atom stereocenters. The van der Waals surface area contributed by atoms with E-state index in [0.717, 1.165) is 31.7 Å². The largest absolute Gasteiger partial charge is 0.573 e. The van der Waals surface area contributed by atoms with E-state index >= 15 is 0 Å². The average molecular weight is 288 g/mol. The molecule has 6 heteroatoms. The van der Waals surface area contributed by atoms with E-state index < -0.39 is 6.36 Å². The molecule has 1 aromatic rings. The first kappa shape index (κ1) is 15.0. The number of rotatable bonds is 2. The summed E-state index contributed by atoms with van der Waals surface area (Å²) >= 11 is 0. The standard InChI is InChI=1S/C14H19F3N2O/c1-13(2)10-19(9-3-8-18-13)11-4-6-12(7-5-11)20-14(15,16)17/h4-7,18H,3,8-10H2,1-2H3. The Morgan fingerprint density at radius 2 is 1.85 bits per heavy atom. The van der Waals surface area contributed by atoms with Crippen LogP contribution in [0.5, 0.6) is 5.75 Å². The predicted molar refractivity (Wildman–Crippen MR) is 72.0 cm³/mol. The highest BCUT2D eigenvalue weighted by atomic mass is 19.4. The molecular weight excluding hydrogens is 269 g/mol. The van der Waals surface area contributed by atoms with E-state index in [1.54, 1.807) is 12.1 Å². The summed E-state index contributed by atoms with van der Waals surface area (Å²) in [5.41, 5.74) is 0.897. The van der Waals surface area contributed by atoms with Gasteiger partial charge in [-0.05, 0) is 51.1 Å². The van der Waals surface area contributed by atoms with Gasteiger partial charge in [-0.3, -0.25) is 0 Å². The molecule has 1 fully saturated rings. The second-order valence-corrected chi connectivity index (χ2v) is 5.63. The van der Waals surface area contributed by atoms with Gasteiger partial charge in [0.2, 0.25) is 0 Å². The van der Waals surface area contributed by atoms with Gasteiger partial charge in [-0.1, -0.05) is 0 Å². The summed E-state index contributed by atoms with van der Waals surface area (Å²) in [6, 6.07) is 6.05. The lowest BCUT2D eigenvalue weighted by Gasteiger charge is -2.31. The van der Waals surface area contributed by atoms with Crippen LogP contribution < -0.4 is 15.0 Å². The van der Waals surface area contributed by atoms with Crippen LogP contribution in [-0.4, -0.2) is 31.5 Å². The molecule has 112 valence electrons. The van der Waals surface area contributed by atoms with Crippen LogP contribution >= 0.6 is 0 Å². The molecule has 0 saturated carbocycles. The predicted octanol–water partition coefficient (Wildman–Crippen LogP) is 3.16. The Labute approximate surface area is 116 Å². The number of ether oxygens (including phenoxy) is 1. The zero-order valence-corrected chi connectivity index (χ0v) is 11.6. The average Bonchev–Trinajstić information content (AvgIpc) is 2.49. The maximum absolute atomic E-state index is 12.1. The third kappa shape index (κ3) is 4.30. The van der Waals surface area contributed by atoms with Gasteiger partial charge in [0.25, 0.3) is 0 Å². The molecule has 3 nitrogen and oxygen atoms in total. The Kier molecular flexibility index (Phi) is 4.13. The van der Waals surface area contributed by atoms with Crippen molar-refractivity contribution in [1.29, 1.82) is 0 Å². The van der Waals surface area contributed by atoms with Crippen molar-refractivity contribution in [2.24, 2.45) is 0 Å². The van der Waals surface area contributed by atoms with Crippen LogP contribution in [-0.2, 0) is 0 Å². The SMILES string of the molecule is CC1(C)CN(c2ccc(OC(F)(F)F)cc2)CCCN1. The smallest absolute Gasteiger partial charge is 0.406 e. The number of halogens is 3. The molecule has 2 rings (SSSR count). The maximum atomic E-state index is 12.1. The summed E-state index contributed by atoms with van der Waals surface area (Å²) < 4.78 is 40.2. The molecule has 1 N–H and O–H groups in total. The first-order valence-electron chi connectivity index (χ1n) is 6.61. The summed E-state index contributed by atoms with van der Waals surface area (Å²) in [7, 11) is 0. The minimum absolute atomic E-state index is 0.0162. The Hall–Kier alpha value is -1.43. The molecule has 0 spiro atoms. The van der Waals surface area contributed by atoms with E-state index in [-0.39, 0.29) is 11.3 Å². The lowest BCUT2D eigenvalue weighted by molar-refractivity contribution is -0.274. The summed E-state index contributed by atoms with van der Waals surface area (Å²) in [4.78, 5) is 2.18. The van der Waals surface area contributed by atoms with E-state index in [1.165, 1.54) is 12.1 Å². The summed E-state index contributed by atoms with van der Waals surface area (Å²) in [5, 5.41) is 3.45. The zero-order valence-electron chi connectivity index (χ0n) is 11.6. The molecule has 1 saturated heterocycles. The fraction of sp³-hybridized carbons (Fsp3) is 0.571. The quantitative estimate of drug-likeness (QED) is 0.904. The van der Waals surface area contributed by atoms with Gasteiger partial charge < -0.3 is 15.0 Å². The number of benzene rings is 1. The van der Waals surface area contributed by atoms with Crippen molar-refractivity contribution in [2.45, 2.75) is 32.2 Å². The minimum Gasteiger partial charge on any atom is -0.406 e. The molecule has 20 heavy (non-hydrogen) atoms. The number of hydrogen-bond donors (Lipinski definition) is 1. The van der Waals surface area contributed by atoms with Crippen molar-refractivity contribution in [3.63, 3.8) is 0 Å². The lowest BCUT2D eigenvalue weighted by atomic mass is 10.1. The number of anilines is 1. The third-order valence-corrected chi connectivity index (χ3v) is 3.23. The van der Waals surface area contributed by atoms with Gasteiger partial charge >= 0.3 is 6.36 Å². The van der Waals surface area contributed by atoms with Crippen molar-refractivity contribution < 1.29 is 17.9 Å². The molecule has 0 amide bonds. The van der Waals surface area contributed by atoms with Gasteiger partial charge in [0.1, 0.15) is 5.75 Å². The van der Waals surface area contributed by atoms with Gasteiger partial charge in [-0.2, -0.15) is 0 Å². The first-order valence-corrected chi connectivity index (χ1v) is 6.61. The second kappa shape index (κ2) is 5.52. The molecule has 1 aromatic carbocycles. The van der Waals surface area contributed by atoms with Crippen LogP contribution in [0, 0.1) is 0 Å². The summed E-state index contributed by atoms with van der Waals surface area (Å²) in [6.45, 7) is 6.88. The molecule has 1 aliphatic heterocycles. The number of nitrogens with zero attached hydrogens (tertiary/aromatic N) is 1. The van der Waals surface area contributed by atoms with Crippen LogP contribution in [0.15, 0.2) is 24.3 Å². The summed E-state index contributed by atoms with van der Waals surface area (Å²) in [6.07, 6.45) is -3.64. The first-order chi connectivity index (χ1) is 9.25. The van der Waals surface area contributed by atoms with Crippen molar-refractivity contribution >= 4 is 5.69 Å². The van der Waals surface area contributed by atoms with Crippen LogP contribution in [0.1, 0.15) is 20.3 Å². The Morgan fingerprint density at radius 1 is 1.20 bits per heavy atom. The Morgan fingerprint density at radius 3 is 2.45 bits per heavy atom. The highest BCUT2D eigenvalue weighted by Gasteiger charge is 2.31. The fourth-order valence-corrected chi connectivity index (χ4v) is 2.39. The number of alkyl halides is 3. The van der Waals surface area contributed by atoms with E-state index in [4.69, 9.17) is 0 Å². The summed E-state index contributed by atoms with van der Waals surface area (Å²) in [5.74, 6) is -0.187. The fourth-order valence-electron chi connectivity index (χ4n) is 2.39. The third-order valence-electron chi connectivity index (χ3n) is 3.23. The van der Waals surface area contributed by atoms with E-state index in [1.807, 2.05) is 0 Å². The van der Waals surface area contributed by atoms with Gasteiger partial charge in [0.15, 0.2) is 0 Å². The van der Waals surface area contributed by atoms with E-state index in [2.05, 4.69) is 28.8 Å². The Bertz CT molecular complexity index is 443. The van der Waals surface area contributed by atoms with Crippen molar-refractivity contribution in [3.05, 3.63) is 24.3 Å². The topological polar surface area (TPSA) is 24.5 Å². The lowest BCUT2D eigenvalue weighted by Crippen LogP contribution is -2.46. The monoisotopic (exact) mass is 288 g/mol. The zero-order chi connectivity index (χ0) is 14.8. The molecule has 0 bridgehead atoms. The minimum atomic E-state index is -4.64. The highest BCUT2D eigenvalue weighted by Crippen LogP contribution is 2.26. The number of hydrogen-bond acceptors (Lipinski definition) is 3. The molecule has 1 heterocycles. The molecule has 0 unspecified atom stereocenters. The van der Waals surface area contributed by atoms with Crippen molar-refractivity contribution in [2.75, 3.05) is 24.5 Å². The number of nitrogens with one attached hydrogen (secondary N) is 1. The van der Waals surface area contributed by atoms with Gasteiger partial charge in [0, 0.05) is 24.3 Å². The van der Waals surface area contributed by atoms with Crippen LogP contribution in [0.2, 0.25) is 0 Å². The molecule has 0 aliphatic carbocycles. The second-order valence-electron chi connectivity index (χ2n) is 5.63. The van der Waals surface area contributed by atoms with Gasteiger partial charge in [-0.15, -0.1) is 13.2 Å². The van der Waals surface area contributed by atoms with Crippen molar-refractivity contribution in [1.82, 2.24) is 5.32 Å². The van der Waals surface area contributed by atoms with Crippen LogP contribution in [0.3, 0.4) is 0 Å². The normalized spacial score (nSPS) is 19.6. The van der Waals surface area contributed by atoms with Gasteiger partial charge in [0.05, 0.1) is 0 Å². The van der Waals surface area contributed by atoms with Crippen LogP contribution in [0.4, 0.5) is 18.9 Å².